The number of anilines is 1. The third kappa shape index (κ3) is 5.85. The van der Waals surface area contributed by atoms with Gasteiger partial charge in [-0.05, 0) is 48.7 Å². The van der Waals surface area contributed by atoms with Crippen LogP contribution < -0.4 is 5.32 Å². The van der Waals surface area contributed by atoms with Crippen LogP contribution in [0.5, 0.6) is 0 Å². The maximum atomic E-state index is 13.2. The van der Waals surface area contributed by atoms with Crippen LogP contribution in [0.25, 0.3) is 5.69 Å². The quantitative estimate of drug-likeness (QED) is 0.285. The van der Waals surface area contributed by atoms with Crippen molar-refractivity contribution in [3.8, 4) is 5.69 Å². The van der Waals surface area contributed by atoms with E-state index in [1.54, 1.807) is 34.9 Å². The molecule has 0 aliphatic rings. The van der Waals surface area contributed by atoms with Gasteiger partial charge in [0.1, 0.15) is 5.75 Å². The molecule has 1 N–H and O–H groups in total. The van der Waals surface area contributed by atoms with E-state index in [9.17, 15) is 13.2 Å². The Labute approximate surface area is 215 Å². The van der Waals surface area contributed by atoms with Crippen LogP contribution in [0, 0.1) is 0 Å². The molecule has 0 bridgehead atoms. The zero-order valence-corrected chi connectivity index (χ0v) is 21.8. The average molecular weight is 521 g/mol. The second-order valence-corrected chi connectivity index (χ2v) is 11.3. The topological polar surface area (TPSA) is 94.0 Å². The number of benzene rings is 3. The largest absolute Gasteiger partial charge is 0.325 e. The SMILES string of the molecule is CCc1ccccc1NC(=O)C(CC)Sc1nnc(CS(=O)(=O)c2ccccc2)n1-c1ccccc1. The lowest BCUT2D eigenvalue weighted by molar-refractivity contribution is -0.115. The molecule has 36 heavy (non-hydrogen) atoms. The first-order valence-electron chi connectivity index (χ1n) is 11.8. The van der Waals surface area contributed by atoms with Crippen LogP contribution in [-0.2, 0) is 26.8 Å². The molecule has 1 amide bonds. The Bertz CT molecular complexity index is 1420. The van der Waals surface area contributed by atoms with E-state index in [2.05, 4.69) is 15.5 Å². The van der Waals surface area contributed by atoms with Gasteiger partial charge in [-0.2, -0.15) is 0 Å². The molecule has 0 saturated heterocycles. The van der Waals surface area contributed by atoms with Gasteiger partial charge in [-0.1, -0.05) is 80.2 Å². The first-order chi connectivity index (χ1) is 17.4. The number of amides is 1. The highest BCUT2D eigenvalue weighted by Crippen LogP contribution is 2.30. The van der Waals surface area contributed by atoms with Crippen molar-refractivity contribution < 1.29 is 13.2 Å². The molecule has 1 heterocycles. The van der Waals surface area contributed by atoms with Crippen molar-refractivity contribution in [3.63, 3.8) is 0 Å². The number of nitrogens with zero attached hydrogens (tertiary/aromatic N) is 3. The molecule has 0 radical (unpaired) electrons. The van der Waals surface area contributed by atoms with Crippen LogP contribution in [0.15, 0.2) is 95.0 Å². The molecule has 0 fully saturated rings. The van der Waals surface area contributed by atoms with Crippen molar-refractivity contribution in [2.45, 2.75) is 47.7 Å². The molecular formula is C27H28N4O3S2. The third-order valence-corrected chi connectivity index (χ3v) is 8.64. The number of para-hydroxylation sites is 2. The molecule has 0 saturated carbocycles. The van der Waals surface area contributed by atoms with Crippen molar-refractivity contribution in [1.82, 2.24) is 14.8 Å². The van der Waals surface area contributed by atoms with E-state index in [-0.39, 0.29) is 16.6 Å². The molecule has 1 unspecified atom stereocenters. The van der Waals surface area contributed by atoms with E-state index in [0.717, 1.165) is 23.4 Å². The predicted octanol–water partition coefficient (Wildman–Crippen LogP) is 5.31. The van der Waals surface area contributed by atoms with Crippen molar-refractivity contribution in [2.75, 3.05) is 5.32 Å². The molecule has 4 rings (SSSR count). The van der Waals surface area contributed by atoms with Crippen molar-refractivity contribution in [1.29, 1.82) is 0 Å². The molecule has 186 valence electrons. The lowest BCUT2D eigenvalue weighted by Crippen LogP contribution is -2.25. The van der Waals surface area contributed by atoms with Crippen LogP contribution >= 0.6 is 11.8 Å². The van der Waals surface area contributed by atoms with E-state index in [1.807, 2.05) is 68.4 Å². The van der Waals surface area contributed by atoms with E-state index < -0.39 is 15.1 Å². The number of aromatic nitrogens is 3. The second kappa shape index (κ2) is 11.5. The Morgan fingerprint density at radius 1 is 0.917 bits per heavy atom. The standard InChI is InChI=1S/C27H28N4O3S2/c1-3-20-13-11-12-18-23(20)28-26(32)24(4-2)35-27-30-29-25(31(27)21-14-7-5-8-15-21)19-36(33,34)22-16-9-6-10-17-22/h5-18,24H,3-4,19H2,1-2H3,(H,28,32). The maximum Gasteiger partial charge on any atom is 0.237 e. The van der Waals surface area contributed by atoms with Gasteiger partial charge in [0.05, 0.1) is 10.1 Å². The van der Waals surface area contributed by atoms with Crippen LogP contribution in [0.1, 0.15) is 31.7 Å². The molecule has 4 aromatic rings. The number of rotatable bonds is 10. The molecular weight excluding hydrogens is 492 g/mol. The number of nitrogens with one attached hydrogen (secondary N) is 1. The van der Waals surface area contributed by atoms with E-state index >= 15 is 0 Å². The highest BCUT2D eigenvalue weighted by atomic mass is 32.2. The first-order valence-corrected chi connectivity index (χ1v) is 14.3. The van der Waals surface area contributed by atoms with Crippen LogP contribution in [-0.4, -0.2) is 34.3 Å². The van der Waals surface area contributed by atoms with Gasteiger partial charge in [-0.15, -0.1) is 10.2 Å². The molecule has 0 spiro atoms. The summed E-state index contributed by atoms with van der Waals surface area (Å²) < 4.78 is 27.9. The number of carbonyl (C=O) groups is 1. The number of carbonyl (C=O) groups excluding carboxylic acids is 1. The van der Waals surface area contributed by atoms with Gasteiger partial charge in [0.25, 0.3) is 0 Å². The Kier molecular flexibility index (Phi) is 8.22. The summed E-state index contributed by atoms with van der Waals surface area (Å²) in [5.74, 6) is -0.157. The molecule has 0 aliphatic heterocycles. The van der Waals surface area contributed by atoms with Gasteiger partial charge in [0.15, 0.2) is 20.8 Å². The Hall–Kier alpha value is -3.43. The summed E-state index contributed by atoms with van der Waals surface area (Å²) in [6.07, 6.45) is 1.37. The minimum atomic E-state index is -3.64. The van der Waals surface area contributed by atoms with Gasteiger partial charge < -0.3 is 5.32 Å². The fourth-order valence-electron chi connectivity index (χ4n) is 3.80. The zero-order chi connectivity index (χ0) is 25.5. The smallest absolute Gasteiger partial charge is 0.237 e. The lowest BCUT2D eigenvalue weighted by Gasteiger charge is -2.17. The number of hydrogen-bond donors (Lipinski definition) is 1. The molecule has 1 atom stereocenters. The molecule has 3 aromatic carbocycles. The van der Waals surface area contributed by atoms with E-state index in [1.165, 1.54) is 11.8 Å². The summed E-state index contributed by atoms with van der Waals surface area (Å²) in [6, 6.07) is 25.4. The Morgan fingerprint density at radius 2 is 1.56 bits per heavy atom. The van der Waals surface area contributed by atoms with Gasteiger partial charge in [-0.25, -0.2) is 8.42 Å². The van der Waals surface area contributed by atoms with Gasteiger partial charge in [0.2, 0.25) is 5.91 Å². The summed E-state index contributed by atoms with van der Waals surface area (Å²) >= 11 is 1.28. The first kappa shape index (κ1) is 25.7. The van der Waals surface area contributed by atoms with E-state index in [4.69, 9.17) is 0 Å². The Morgan fingerprint density at radius 3 is 2.22 bits per heavy atom. The normalized spacial score (nSPS) is 12.3. The maximum absolute atomic E-state index is 13.2. The van der Waals surface area contributed by atoms with Crippen molar-refractivity contribution in [2.24, 2.45) is 0 Å². The van der Waals surface area contributed by atoms with Crippen molar-refractivity contribution in [3.05, 3.63) is 96.3 Å². The summed E-state index contributed by atoms with van der Waals surface area (Å²) in [6.45, 7) is 3.98. The summed E-state index contributed by atoms with van der Waals surface area (Å²) in [5.41, 5.74) is 2.59. The fourth-order valence-corrected chi connectivity index (χ4v) is 6.06. The van der Waals surface area contributed by atoms with Crippen LogP contribution in [0.3, 0.4) is 0 Å². The number of thioether (sulfide) groups is 1. The summed E-state index contributed by atoms with van der Waals surface area (Å²) in [4.78, 5) is 13.4. The van der Waals surface area contributed by atoms with Crippen LogP contribution in [0.4, 0.5) is 5.69 Å². The summed E-state index contributed by atoms with van der Waals surface area (Å²) in [7, 11) is -3.64. The average Bonchev–Trinajstić information content (AvgIpc) is 3.29. The van der Waals surface area contributed by atoms with Crippen molar-refractivity contribution >= 4 is 33.2 Å². The molecule has 0 aliphatic carbocycles. The van der Waals surface area contributed by atoms with E-state index in [0.29, 0.717) is 17.4 Å². The predicted molar refractivity (Wildman–Crippen MR) is 143 cm³/mol. The van der Waals surface area contributed by atoms with Gasteiger partial charge in [0, 0.05) is 11.4 Å². The third-order valence-electron chi connectivity index (χ3n) is 5.70. The van der Waals surface area contributed by atoms with Gasteiger partial charge in [-0.3, -0.25) is 9.36 Å². The summed E-state index contributed by atoms with van der Waals surface area (Å²) in [5, 5.41) is 11.6. The number of hydrogen-bond acceptors (Lipinski definition) is 6. The Balaban J connectivity index is 1.65. The highest BCUT2D eigenvalue weighted by molar-refractivity contribution is 8.00. The monoisotopic (exact) mass is 520 g/mol. The zero-order valence-electron chi connectivity index (χ0n) is 20.2. The number of aryl methyl sites for hydroxylation is 1. The highest BCUT2D eigenvalue weighted by Gasteiger charge is 2.26. The minimum absolute atomic E-state index is 0.135. The number of sulfone groups is 1. The molecule has 1 aromatic heterocycles. The van der Waals surface area contributed by atoms with Gasteiger partial charge >= 0.3 is 0 Å². The molecule has 9 heteroatoms. The van der Waals surface area contributed by atoms with Crippen LogP contribution in [0.2, 0.25) is 0 Å². The lowest BCUT2D eigenvalue weighted by atomic mass is 10.1. The minimum Gasteiger partial charge on any atom is -0.325 e. The second-order valence-electron chi connectivity index (χ2n) is 8.16. The fraction of sp³-hybridized carbons (Fsp3) is 0.222. The molecule has 7 nitrogen and oxygen atoms in total.